The monoisotopic (exact) mass is 419 g/mol. The van der Waals surface area contributed by atoms with E-state index < -0.39 is 11.0 Å². The molecule has 0 radical (unpaired) electrons. The number of hydrogen-bond donors (Lipinski definition) is 1. The van der Waals surface area contributed by atoms with Gasteiger partial charge in [-0.25, -0.2) is 0 Å². The molecule has 3 rings (SSSR count). The van der Waals surface area contributed by atoms with Crippen LogP contribution in [0, 0.1) is 10.1 Å². The summed E-state index contributed by atoms with van der Waals surface area (Å²) in [5.41, 5.74) is 1.92. The Bertz CT molecular complexity index is 883. The minimum atomic E-state index is -0.554. The van der Waals surface area contributed by atoms with Gasteiger partial charge in [0.2, 0.25) is 5.75 Å². The SMILES string of the molecule is CCCN1C(=S)NC(c2cc(OC)c(OCC)c([N+](=O)[O-])c2)C2=C1CCCC2=O. The van der Waals surface area contributed by atoms with Crippen LogP contribution in [-0.4, -0.2) is 41.0 Å². The molecule has 0 amide bonds. The van der Waals surface area contributed by atoms with E-state index >= 15 is 0 Å². The summed E-state index contributed by atoms with van der Waals surface area (Å²) >= 11 is 5.57. The van der Waals surface area contributed by atoms with Crippen molar-refractivity contribution in [3.63, 3.8) is 0 Å². The third kappa shape index (κ3) is 3.91. The lowest BCUT2D eigenvalue weighted by molar-refractivity contribution is -0.386. The van der Waals surface area contributed by atoms with Gasteiger partial charge in [-0.15, -0.1) is 0 Å². The Morgan fingerprint density at radius 1 is 1.34 bits per heavy atom. The molecule has 1 aromatic carbocycles. The van der Waals surface area contributed by atoms with Crippen LogP contribution in [0.2, 0.25) is 0 Å². The minimum absolute atomic E-state index is 0.0443. The van der Waals surface area contributed by atoms with Crippen molar-refractivity contribution < 1.29 is 19.2 Å². The molecule has 2 aliphatic rings. The van der Waals surface area contributed by atoms with Crippen molar-refractivity contribution in [1.29, 1.82) is 0 Å². The first-order valence-corrected chi connectivity index (χ1v) is 10.2. The second-order valence-electron chi connectivity index (χ2n) is 6.93. The van der Waals surface area contributed by atoms with E-state index in [0.717, 1.165) is 31.5 Å². The highest BCUT2D eigenvalue weighted by Crippen LogP contribution is 2.43. The van der Waals surface area contributed by atoms with Crippen LogP contribution in [0.25, 0.3) is 0 Å². The molecular weight excluding hydrogens is 394 g/mol. The lowest BCUT2D eigenvalue weighted by atomic mass is 9.84. The molecule has 0 bridgehead atoms. The average Bonchev–Trinajstić information content (AvgIpc) is 2.70. The van der Waals surface area contributed by atoms with Gasteiger partial charge in [-0.3, -0.25) is 14.9 Å². The number of nitrogens with one attached hydrogen (secondary N) is 1. The smallest absolute Gasteiger partial charge is 0.315 e. The molecular formula is C20H25N3O5S. The van der Waals surface area contributed by atoms with Gasteiger partial charge in [0.1, 0.15) is 0 Å². The summed E-state index contributed by atoms with van der Waals surface area (Å²) in [6.45, 7) is 4.79. The van der Waals surface area contributed by atoms with Crippen molar-refractivity contribution in [2.24, 2.45) is 0 Å². The van der Waals surface area contributed by atoms with Crippen LogP contribution in [0.15, 0.2) is 23.4 Å². The maximum Gasteiger partial charge on any atom is 0.315 e. The fourth-order valence-corrected chi connectivity index (χ4v) is 4.23. The highest BCUT2D eigenvalue weighted by Gasteiger charge is 2.38. The minimum Gasteiger partial charge on any atom is -0.493 e. The van der Waals surface area contributed by atoms with E-state index in [1.165, 1.54) is 13.2 Å². The zero-order valence-electron chi connectivity index (χ0n) is 16.8. The van der Waals surface area contributed by atoms with E-state index in [2.05, 4.69) is 12.2 Å². The Hall–Kier alpha value is -2.68. The predicted octanol–water partition coefficient (Wildman–Crippen LogP) is 3.65. The van der Waals surface area contributed by atoms with Crippen LogP contribution in [0.4, 0.5) is 5.69 Å². The van der Waals surface area contributed by atoms with Gasteiger partial charge in [0.15, 0.2) is 16.6 Å². The van der Waals surface area contributed by atoms with Crippen molar-refractivity contribution >= 4 is 28.8 Å². The number of hydrogen-bond acceptors (Lipinski definition) is 6. The lowest BCUT2D eigenvalue weighted by Crippen LogP contribution is -2.49. The Morgan fingerprint density at radius 2 is 2.10 bits per heavy atom. The van der Waals surface area contributed by atoms with Crippen LogP contribution in [0.1, 0.15) is 51.1 Å². The van der Waals surface area contributed by atoms with Gasteiger partial charge >= 0.3 is 5.69 Å². The molecule has 1 atom stereocenters. The highest BCUT2D eigenvalue weighted by atomic mass is 32.1. The zero-order valence-corrected chi connectivity index (χ0v) is 17.6. The number of nitrogens with zero attached hydrogens (tertiary/aromatic N) is 2. The second-order valence-corrected chi connectivity index (χ2v) is 7.32. The Kier molecular flexibility index (Phi) is 6.36. The van der Waals surface area contributed by atoms with Crippen molar-refractivity contribution in [2.45, 2.75) is 45.6 Å². The van der Waals surface area contributed by atoms with Gasteiger partial charge in [-0.1, -0.05) is 6.92 Å². The molecule has 0 spiro atoms. The summed E-state index contributed by atoms with van der Waals surface area (Å²) in [4.78, 5) is 26.0. The molecule has 0 aromatic heterocycles. The molecule has 0 fully saturated rings. The summed E-state index contributed by atoms with van der Waals surface area (Å²) in [6.07, 6.45) is 2.88. The molecule has 0 saturated heterocycles. The molecule has 1 aliphatic carbocycles. The highest BCUT2D eigenvalue weighted by molar-refractivity contribution is 7.80. The van der Waals surface area contributed by atoms with Crippen molar-refractivity contribution in [2.75, 3.05) is 20.3 Å². The predicted molar refractivity (Wildman–Crippen MR) is 112 cm³/mol. The zero-order chi connectivity index (χ0) is 21.1. The van der Waals surface area contributed by atoms with Crippen molar-refractivity contribution in [1.82, 2.24) is 10.2 Å². The van der Waals surface area contributed by atoms with Crippen LogP contribution in [-0.2, 0) is 4.79 Å². The van der Waals surface area contributed by atoms with E-state index in [-0.39, 0.29) is 29.6 Å². The first-order chi connectivity index (χ1) is 13.9. The number of rotatable bonds is 7. The molecule has 0 saturated carbocycles. The number of ether oxygens (including phenoxy) is 2. The largest absolute Gasteiger partial charge is 0.493 e. The molecule has 1 heterocycles. The lowest BCUT2D eigenvalue weighted by Gasteiger charge is -2.41. The first-order valence-electron chi connectivity index (χ1n) is 9.76. The Morgan fingerprint density at radius 3 is 2.72 bits per heavy atom. The second kappa shape index (κ2) is 8.77. The summed E-state index contributed by atoms with van der Waals surface area (Å²) in [5.74, 6) is 0.381. The fraction of sp³-hybridized carbons (Fsp3) is 0.500. The van der Waals surface area contributed by atoms with Gasteiger partial charge in [0.05, 0.1) is 24.7 Å². The van der Waals surface area contributed by atoms with Crippen LogP contribution < -0.4 is 14.8 Å². The first kappa shape index (κ1) is 21.0. The number of ketones is 1. The maximum absolute atomic E-state index is 12.9. The topological polar surface area (TPSA) is 93.9 Å². The summed E-state index contributed by atoms with van der Waals surface area (Å²) in [6, 6.07) is 2.57. The van der Waals surface area contributed by atoms with Gasteiger partial charge in [0.25, 0.3) is 0 Å². The van der Waals surface area contributed by atoms with Crippen molar-refractivity contribution in [3.8, 4) is 11.5 Å². The molecule has 156 valence electrons. The number of carbonyl (C=O) groups is 1. The molecule has 9 heteroatoms. The molecule has 1 aromatic rings. The summed E-state index contributed by atoms with van der Waals surface area (Å²) in [5, 5.41) is 15.4. The van der Waals surface area contributed by atoms with Crippen LogP contribution in [0.3, 0.4) is 0 Å². The van der Waals surface area contributed by atoms with E-state index in [1.807, 2.05) is 4.90 Å². The number of benzene rings is 1. The standard InChI is InChI=1S/C20H25N3O5S/c1-4-9-22-13-7-6-8-15(24)17(13)18(21-20(22)29)12-10-14(23(25)26)19(28-5-2)16(11-12)27-3/h10-11,18H,4-9H2,1-3H3,(H,21,29). The maximum atomic E-state index is 12.9. The number of nitro groups is 1. The Labute approximate surface area is 175 Å². The van der Waals surface area contributed by atoms with E-state index in [4.69, 9.17) is 21.7 Å². The van der Waals surface area contributed by atoms with Gasteiger partial charge in [0, 0.05) is 30.3 Å². The third-order valence-electron chi connectivity index (χ3n) is 5.10. The van der Waals surface area contributed by atoms with Crippen LogP contribution >= 0.6 is 12.2 Å². The number of nitro benzene ring substituents is 1. The normalized spacial score (nSPS) is 19.0. The number of Topliss-reactive ketones (excluding diaryl/α,β-unsaturated/α-hetero) is 1. The molecule has 8 nitrogen and oxygen atoms in total. The van der Waals surface area contributed by atoms with Crippen LogP contribution in [0.5, 0.6) is 11.5 Å². The van der Waals surface area contributed by atoms with Gasteiger partial charge in [-0.05, 0) is 50.0 Å². The molecule has 1 unspecified atom stereocenters. The molecule has 29 heavy (non-hydrogen) atoms. The summed E-state index contributed by atoms with van der Waals surface area (Å²) < 4.78 is 10.8. The van der Waals surface area contributed by atoms with Gasteiger partial charge in [-0.2, -0.15) is 0 Å². The quantitative estimate of drug-likeness (QED) is 0.407. The van der Waals surface area contributed by atoms with E-state index in [1.54, 1.807) is 13.0 Å². The summed E-state index contributed by atoms with van der Waals surface area (Å²) in [7, 11) is 1.43. The third-order valence-corrected chi connectivity index (χ3v) is 5.44. The van der Waals surface area contributed by atoms with Gasteiger partial charge < -0.3 is 19.7 Å². The Balaban J connectivity index is 2.17. The fourth-order valence-electron chi connectivity index (χ4n) is 3.91. The van der Waals surface area contributed by atoms with Crippen molar-refractivity contribution in [3.05, 3.63) is 39.1 Å². The number of thiocarbonyl (C=S) groups is 1. The number of carbonyl (C=O) groups excluding carboxylic acids is 1. The van der Waals surface area contributed by atoms with E-state index in [0.29, 0.717) is 22.7 Å². The molecule has 1 aliphatic heterocycles. The number of allylic oxidation sites excluding steroid dienone is 1. The molecule has 1 N–H and O–H groups in total. The van der Waals surface area contributed by atoms with E-state index in [9.17, 15) is 14.9 Å². The average molecular weight is 420 g/mol. The number of methoxy groups -OCH3 is 1.